The van der Waals surface area contributed by atoms with Gasteiger partial charge in [0.2, 0.25) is 0 Å². The van der Waals surface area contributed by atoms with E-state index in [1.165, 1.54) is 0 Å². The smallest absolute Gasteiger partial charge is 0.338 e. The maximum absolute atomic E-state index is 12.2. The highest BCUT2D eigenvalue weighted by Crippen LogP contribution is 2.36. The van der Waals surface area contributed by atoms with Crippen LogP contribution in [0.5, 0.6) is 0 Å². The van der Waals surface area contributed by atoms with Crippen molar-refractivity contribution in [3.63, 3.8) is 0 Å². The van der Waals surface area contributed by atoms with Crippen molar-refractivity contribution < 1.29 is 19.1 Å². The van der Waals surface area contributed by atoms with Gasteiger partial charge in [-0.25, -0.2) is 4.79 Å². The lowest BCUT2D eigenvalue weighted by Gasteiger charge is -2.40. The second-order valence-corrected chi connectivity index (χ2v) is 16.0. The molecule has 1 aromatic carbocycles. The van der Waals surface area contributed by atoms with Gasteiger partial charge in [0.05, 0.1) is 12.2 Å². The molecule has 0 aliphatic heterocycles. The fourth-order valence-electron chi connectivity index (χ4n) is 2.63. The Morgan fingerprint density at radius 2 is 1.53 bits per heavy atom. The summed E-state index contributed by atoms with van der Waals surface area (Å²) in [5.41, 5.74) is 0.738. The summed E-state index contributed by atoms with van der Waals surface area (Å²) in [5.74, 6) is -0.315. The number of aliphatic hydroxyl groups is 1. The second kappa shape index (κ2) is 9.94. The molecular formula is C24H43NO4Si. The number of benzene rings is 1. The first-order chi connectivity index (χ1) is 13.5. The summed E-state index contributed by atoms with van der Waals surface area (Å²) in [6.45, 7) is 23.0. The molecule has 0 atom stereocenters. The predicted molar refractivity (Wildman–Crippen MR) is 126 cm³/mol. The first-order valence-electron chi connectivity index (χ1n) is 10.8. The minimum atomic E-state index is -1.81. The van der Waals surface area contributed by atoms with E-state index in [0.29, 0.717) is 18.7 Å². The number of hydrogen-bond donors (Lipinski definition) is 1. The Morgan fingerprint density at radius 3 is 1.97 bits per heavy atom. The molecule has 0 aliphatic carbocycles. The van der Waals surface area contributed by atoms with Crippen molar-refractivity contribution in [1.82, 2.24) is 4.90 Å². The van der Waals surface area contributed by atoms with Gasteiger partial charge in [0, 0.05) is 25.2 Å². The molecule has 30 heavy (non-hydrogen) atoms. The van der Waals surface area contributed by atoms with Gasteiger partial charge in [-0.3, -0.25) is 4.90 Å². The Balaban J connectivity index is 2.85. The van der Waals surface area contributed by atoms with Crippen LogP contribution in [0.3, 0.4) is 0 Å². The summed E-state index contributed by atoms with van der Waals surface area (Å²) in [4.78, 5) is 14.5. The fourth-order valence-corrected chi connectivity index (χ4v) is 3.66. The Kier molecular flexibility index (Phi) is 8.89. The van der Waals surface area contributed by atoms with E-state index in [-0.39, 0.29) is 23.2 Å². The van der Waals surface area contributed by atoms with Gasteiger partial charge in [-0.15, -0.1) is 0 Å². The normalized spacial score (nSPS) is 13.6. The standard InChI is InChI=1S/C24H43NO4Si/c1-22(2,3)29-21(27)20-13-11-19(12-14-20)17-25(24(7,8)18-26)15-16-28-30(9,10)23(4,5)6/h11-14,26H,15-18H2,1-10H3. The van der Waals surface area contributed by atoms with Gasteiger partial charge in [-0.1, -0.05) is 32.9 Å². The van der Waals surface area contributed by atoms with Crippen molar-refractivity contribution in [3.05, 3.63) is 35.4 Å². The summed E-state index contributed by atoms with van der Waals surface area (Å²) in [5, 5.41) is 10.1. The van der Waals surface area contributed by atoms with E-state index >= 15 is 0 Å². The van der Waals surface area contributed by atoms with Crippen molar-refractivity contribution in [2.75, 3.05) is 19.8 Å². The SMILES string of the molecule is CC(C)(C)OC(=O)c1ccc(CN(CCO[Si](C)(C)C(C)(C)C)C(C)(C)CO)cc1. The maximum Gasteiger partial charge on any atom is 0.338 e. The number of carbonyl (C=O) groups excluding carboxylic acids is 1. The van der Waals surface area contributed by atoms with Crippen LogP contribution in [0.4, 0.5) is 0 Å². The van der Waals surface area contributed by atoms with E-state index in [2.05, 4.69) is 38.8 Å². The van der Waals surface area contributed by atoms with Gasteiger partial charge >= 0.3 is 5.97 Å². The Bertz CT molecular complexity index is 685. The quantitative estimate of drug-likeness (QED) is 0.423. The van der Waals surface area contributed by atoms with Gasteiger partial charge < -0.3 is 14.3 Å². The van der Waals surface area contributed by atoms with Crippen LogP contribution in [0.1, 0.15) is 71.3 Å². The van der Waals surface area contributed by atoms with Crippen molar-refractivity contribution in [2.24, 2.45) is 0 Å². The monoisotopic (exact) mass is 437 g/mol. The third-order valence-electron chi connectivity index (χ3n) is 5.84. The maximum atomic E-state index is 12.2. The molecule has 6 heteroatoms. The lowest BCUT2D eigenvalue weighted by atomic mass is 10.0. The highest BCUT2D eigenvalue weighted by molar-refractivity contribution is 6.74. The molecule has 0 radical (unpaired) electrons. The molecule has 0 aliphatic rings. The summed E-state index contributed by atoms with van der Waals surface area (Å²) < 4.78 is 11.8. The molecule has 0 aromatic heterocycles. The van der Waals surface area contributed by atoms with Crippen LogP contribution < -0.4 is 0 Å². The largest absolute Gasteiger partial charge is 0.456 e. The third kappa shape index (κ3) is 8.14. The molecule has 0 saturated carbocycles. The van der Waals surface area contributed by atoms with Crippen LogP contribution in [-0.2, 0) is 15.7 Å². The van der Waals surface area contributed by atoms with E-state index in [9.17, 15) is 9.90 Å². The molecule has 0 unspecified atom stereocenters. The van der Waals surface area contributed by atoms with Crippen LogP contribution in [0.15, 0.2) is 24.3 Å². The number of nitrogens with zero attached hydrogens (tertiary/aromatic N) is 1. The van der Waals surface area contributed by atoms with Gasteiger partial charge in [-0.2, -0.15) is 0 Å². The van der Waals surface area contributed by atoms with E-state index in [4.69, 9.17) is 9.16 Å². The zero-order valence-electron chi connectivity index (χ0n) is 20.8. The van der Waals surface area contributed by atoms with Crippen LogP contribution in [0.2, 0.25) is 18.1 Å². The van der Waals surface area contributed by atoms with E-state index in [0.717, 1.165) is 12.1 Å². The number of rotatable bonds is 9. The van der Waals surface area contributed by atoms with Crippen LogP contribution in [-0.4, -0.2) is 55.2 Å². The average Bonchev–Trinajstić information content (AvgIpc) is 2.58. The molecule has 1 rings (SSSR count). The van der Waals surface area contributed by atoms with Crippen molar-refractivity contribution in [1.29, 1.82) is 0 Å². The second-order valence-electron chi connectivity index (χ2n) is 11.2. The number of esters is 1. The summed E-state index contributed by atoms with van der Waals surface area (Å²) >= 11 is 0. The summed E-state index contributed by atoms with van der Waals surface area (Å²) in [6, 6.07) is 7.52. The minimum absolute atomic E-state index is 0.0586. The lowest BCUT2D eigenvalue weighted by Crippen LogP contribution is -2.49. The fraction of sp³-hybridized carbons (Fsp3) is 0.708. The zero-order chi connectivity index (χ0) is 23.4. The Labute approximate surface area is 184 Å². The molecule has 1 N–H and O–H groups in total. The van der Waals surface area contributed by atoms with Crippen LogP contribution >= 0.6 is 0 Å². The molecular weight excluding hydrogens is 394 g/mol. The van der Waals surface area contributed by atoms with E-state index in [1.54, 1.807) is 12.1 Å². The number of ether oxygens (including phenoxy) is 1. The van der Waals surface area contributed by atoms with Gasteiger partial charge in [0.15, 0.2) is 8.32 Å². The van der Waals surface area contributed by atoms with Crippen LogP contribution in [0, 0.1) is 0 Å². The van der Waals surface area contributed by atoms with Crippen molar-refractivity contribution in [3.8, 4) is 0 Å². The molecule has 0 fully saturated rings. The Hall–Kier alpha value is -1.21. The van der Waals surface area contributed by atoms with Crippen molar-refractivity contribution >= 4 is 14.3 Å². The summed E-state index contributed by atoms with van der Waals surface area (Å²) in [6.07, 6.45) is 0. The van der Waals surface area contributed by atoms with E-state index < -0.39 is 13.9 Å². The highest BCUT2D eigenvalue weighted by atomic mass is 28.4. The summed E-state index contributed by atoms with van der Waals surface area (Å²) in [7, 11) is -1.81. The lowest BCUT2D eigenvalue weighted by molar-refractivity contribution is 0.00694. The highest BCUT2D eigenvalue weighted by Gasteiger charge is 2.37. The molecule has 0 spiro atoms. The number of aliphatic hydroxyl groups excluding tert-OH is 1. The average molecular weight is 438 g/mol. The van der Waals surface area contributed by atoms with Gasteiger partial charge in [0.1, 0.15) is 5.60 Å². The molecule has 0 saturated heterocycles. The van der Waals surface area contributed by atoms with Gasteiger partial charge in [0.25, 0.3) is 0 Å². The molecule has 1 aromatic rings. The zero-order valence-corrected chi connectivity index (χ0v) is 21.8. The molecule has 5 nitrogen and oxygen atoms in total. The number of carbonyl (C=O) groups is 1. The first-order valence-corrected chi connectivity index (χ1v) is 13.7. The molecule has 0 heterocycles. The molecule has 172 valence electrons. The van der Waals surface area contributed by atoms with Gasteiger partial charge in [-0.05, 0) is 70.4 Å². The Morgan fingerprint density at radius 1 is 1.00 bits per heavy atom. The van der Waals surface area contributed by atoms with E-state index in [1.807, 2.05) is 46.8 Å². The first kappa shape index (κ1) is 26.8. The minimum Gasteiger partial charge on any atom is -0.456 e. The predicted octanol–water partition coefficient (Wildman–Crippen LogP) is 5.24. The topological polar surface area (TPSA) is 59.0 Å². The molecule has 0 amide bonds. The number of hydrogen-bond acceptors (Lipinski definition) is 5. The molecule has 0 bridgehead atoms. The van der Waals surface area contributed by atoms with Crippen LogP contribution in [0.25, 0.3) is 0 Å². The van der Waals surface area contributed by atoms with Crippen molar-refractivity contribution in [2.45, 2.75) is 91.2 Å². The third-order valence-corrected chi connectivity index (χ3v) is 10.4.